The number of benzene rings is 1. The van der Waals surface area contributed by atoms with Gasteiger partial charge in [-0.25, -0.2) is 10.3 Å². The van der Waals surface area contributed by atoms with E-state index in [4.69, 9.17) is 9.57 Å². The number of aryl methyl sites for hydroxylation is 1. The van der Waals surface area contributed by atoms with Crippen LogP contribution in [0.1, 0.15) is 35.2 Å². The van der Waals surface area contributed by atoms with Gasteiger partial charge in [-0.15, -0.1) is 0 Å². The van der Waals surface area contributed by atoms with Crippen molar-refractivity contribution in [2.45, 2.75) is 32.5 Å². The van der Waals surface area contributed by atoms with Crippen LogP contribution in [0.2, 0.25) is 0 Å². The number of hydrogen-bond donors (Lipinski definition) is 1. The molecule has 18 heavy (non-hydrogen) atoms. The maximum atomic E-state index is 12.0. The van der Waals surface area contributed by atoms with Gasteiger partial charge in [0.2, 0.25) is 0 Å². The summed E-state index contributed by atoms with van der Waals surface area (Å²) in [5.74, 6) is -0.225. The summed E-state index contributed by atoms with van der Waals surface area (Å²) >= 11 is 2.17. The molecule has 1 amide bonds. The summed E-state index contributed by atoms with van der Waals surface area (Å²) in [7, 11) is 0. The molecule has 1 aromatic rings. The molecule has 2 rings (SSSR count). The highest BCUT2D eigenvalue weighted by atomic mass is 127. The summed E-state index contributed by atoms with van der Waals surface area (Å²) in [6.45, 7) is 2.67. The van der Waals surface area contributed by atoms with Gasteiger partial charge in [0, 0.05) is 16.6 Å². The van der Waals surface area contributed by atoms with Gasteiger partial charge in [0.05, 0.1) is 5.56 Å². The first-order chi connectivity index (χ1) is 8.68. The molecule has 0 aliphatic carbocycles. The summed E-state index contributed by atoms with van der Waals surface area (Å²) in [4.78, 5) is 17.2. The molecular weight excluding hydrogens is 345 g/mol. The van der Waals surface area contributed by atoms with Gasteiger partial charge in [0.1, 0.15) is 0 Å². The zero-order valence-corrected chi connectivity index (χ0v) is 12.4. The number of carbonyl (C=O) groups is 1. The van der Waals surface area contributed by atoms with Crippen LogP contribution in [0.4, 0.5) is 0 Å². The lowest BCUT2D eigenvalue weighted by molar-refractivity contribution is -0.186. The van der Waals surface area contributed by atoms with Gasteiger partial charge in [-0.05, 0) is 54.0 Å². The Labute approximate surface area is 120 Å². The Morgan fingerprint density at radius 1 is 1.50 bits per heavy atom. The second kappa shape index (κ2) is 6.49. The van der Waals surface area contributed by atoms with E-state index in [1.54, 1.807) is 6.07 Å². The van der Waals surface area contributed by atoms with Crippen LogP contribution in [0.3, 0.4) is 0 Å². The van der Waals surface area contributed by atoms with Crippen LogP contribution in [-0.4, -0.2) is 18.8 Å². The fraction of sp³-hybridized carbons (Fsp3) is 0.462. The van der Waals surface area contributed by atoms with Gasteiger partial charge in [0.15, 0.2) is 6.29 Å². The number of hydroxylamine groups is 1. The highest BCUT2D eigenvalue weighted by Crippen LogP contribution is 2.17. The molecule has 1 unspecified atom stereocenters. The number of amides is 1. The van der Waals surface area contributed by atoms with Crippen molar-refractivity contribution >= 4 is 28.5 Å². The number of halogens is 1. The van der Waals surface area contributed by atoms with Gasteiger partial charge in [0.25, 0.3) is 5.91 Å². The number of ether oxygens (including phenoxy) is 1. The zero-order valence-electron chi connectivity index (χ0n) is 10.2. The van der Waals surface area contributed by atoms with Gasteiger partial charge in [-0.2, -0.15) is 0 Å². The first kappa shape index (κ1) is 13.8. The largest absolute Gasteiger partial charge is 0.350 e. The number of rotatable bonds is 3. The Morgan fingerprint density at radius 2 is 2.33 bits per heavy atom. The van der Waals surface area contributed by atoms with Crippen LogP contribution in [0.5, 0.6) is 0 Å². The van der Waals surface area contributed by atoms with Crippen LogP contribution in [0.25, 0.3) is 0 Å². The molecule has 1 fully saturated rings. The molecule has 0 bridgehead atoms. The lowest BCUT2D eigenvalue weighted by atomic mass is 10.1. The molecule has 0 saturated carbocycles. The van der Waals surface area contributed by atoms with Crippen molar-refractivity contribution in [1.29, 1.82) is 0 Å². The van der Waals surface area contributed by atoms with E-state index >= 15 is 0 Å². The maximum Gasteiger partial charge on any atom is 0.276 e. The summed E-state index contributed by atoms with van der Waals surface area (Å²) < 4.78 is 6.32. The molecule has 4 nitrogen and oxygen atoms in total. The molecule has 1 aliphatic rings. The minimum absolute atomic E-state index is 0.225. The first-order valence-electron chi connectivity index (χ1n) is 6.01. The predicted molar refractivity (Wildman–Crippen MR) is 76.0 cm³/mol. The second-order valence-corrected chi connectivity index (χ2v) is 5.36. The lowest BCUT2D eigenvalue weighted by Gasteiger charge is -2.22. The summed E-state index contributed by atoms with van der Waals surface area (Å²) in [5, 5.41) is 0. The average Bonchev–Trinajstić information content (AvgIpc) is 2.40. The third-order valence-corrected chi connectivity index (χ3v) is 4.29. The molecule has 0 spiro atoms. The Bertz CT molecular complexity index is 430. The molecule has 0 radical (unpaired) electrons. The summed E-state index contributed by atoms with van der Waals surface area (Å²) in [5.41, 5.74) is 4.18. The lowest BCUT2D eigenvalue weighted by Crippen LogP contribution is -2.33. The van der Waals surface area contributed by atoms with E-state index in [0.29, 0.717) is 12.2 Å². The fourth-order valence-electron chi connectivity index (χ4n) is 1.80. The number of hydrogen-bond acceptors (Lipinski definition) is 3. The van der Waals surface area contributed by atoms with Crippen LogP contribution >= 0.6 is 22.6 Å². The molecular formula is C13H16INO3. The zero-order chi connectivity index (χ0) is 13.0. The van der Waals surface area contributed by atoms with Crippen molar-refractivity contribution in [1.82, 2.24) is 5.48 Å². The monoisotopic (exact) mass is 361 g/mol. The third-order valence-electron chi connectivity index (χ3n) is 2.86. The number of carbonyl (C=O) groups excluding carboxylic acids is 1. The van der Waals surface area contributed by atoms with Gasteiger partial charge < -0.3 is 4.74 Å². The molecule has 1 atom stereocenters. The highest BCUT2D eigenvalue weighted by molar-refractivity contribution is 14.1. The van der Waals surface area contributed by atoms with E-state index in [1.165, 1.54) is 0 Å². The Kier molecular flexibility index (Phi) is 4.96. The Hall–Kier alpha value is -0.660. The molecule has 98 valence electrons. The van der Waals surface area contributed by atoms with E-state index in [2.05, 4.69) is 28.1 Å². The quantitative estimate of drug-likeness (QED) is 0.665. The number of nitrogens with one attached hydrogen (secondary N) is 1. The average molecular weight is 361 g/mol. The SMILES string of the molecule is Cc1cccc(C(=O)NOC2CCCCO2)c1I. The summed E-state index contributed by atoms with van der Waals surface area (Å²) in [6, 6.07) is 5.63. The second-order valence-electron chi connectivity index (χ2n) is 4.28. The molecule has 5 heteroatoms. The molecule has 1 saturated heterocycles. The van der Waals surface area contributed by atoms with Crippen molar-refractivity contribution in [3.63, 3.8) is 0 Å². The van der Waals surface area contributed by atoms with Crippen molar-refractivity contribution in [3.8, 4) is 0 Å². The minimum atomic E-state index is -0.315. The maximum absolute atomic E-state index is 12.0. The van der Waals surface area contributed by atoms with Gasteiger partial charge in [-0.1, -0.05) is 12.1 Å². The van der Waals surface area contributed by atoms with E-state index in [9.17, 15) is 4.79 Å². The predicted octanol–water partition coefficient (Wildman–Crippen LogP) is 2.79. The van der Waals surface area contributed by atoms with Crippen LogP contribution in [-0.2, 0) is 9.57 Å². The van der Waals surface area contributed by atoms with E-state index < -0.39 is 0 Å². The highest BCUT2D eigenvalue weighted by Gasteiger charge is 2.17. The van der Waals surface area contributed by atoms with Gasteiger partial charge in [-0.3, -0.25) is 4.79 Å². The van der Waals surface area contributed by atoms with E-state index in [0.717, 1.165) is 28.4 Å². The fourth-order valence-corrected chi connectivity index (χ4v) is 2.41. The standard InChI is InChI=1S/C13H16INO3/c1-9-5-4-6-10(12(9)14)13(16)15-18-11-7-2-3-8-17-11/h4-6,11H,2-3,7-8H2,1H3,(H,15,16). The normalized spacial score (nSPS) is 19.6. The third kappa shape index (κ3) is 3.43. The van der Waals surface area contributed by atoms with Crippen molar-refractivity contribution < 1.29 is 14.4 Å². The van der Waals surface area contributed by atoms with Gasteiger partial charge >= 0.3 is 0 Å². The Morgan fingerprint density at radius 3 is 3.06 bits per heavy atom. The van der Waals surface area contributed by atoms with Crippen LogP contribution in [0.15, 0.2) is 18.2 Å². The van der Waals surface area contributed by atoms with E-state index in [-0.39, 0.29) is 12.2 Å². The van der Waals surface area contributed by atoms with Crippen molar-refractivity contribution in [3.05, 3.63) is 32.9 Å². The molecule has 1 aliphatic heterocycles. The van der Waals surface area contributed by atoms with Crippen molar-refractivity contribution in [2.75, 3.05) is 6.61 Å². The summed E-state index contributed by atoms with van der Waals surface area (Å²) in [6.07, 6.45) is 2.64. The smallest absolute Gasteiger partial charge is 0.276 e. The minimum Gasteiger partial charge on any atom is -0.350 e. The Balaban J connectivity index is 1.93. The molecule has 1 heterocycles. The van der Waals surface area contributed by atoms with E-state index in [1.807, 2.05) is 19.1 Å². The molecule has 1 aromatic carbocycles. The van der Waals surface area contributed by atoms with Crippen LogP contribution < -0.4 is 5.48 Å². The van der Waals surface area contributed by atoms with Crippen molar-refractivity contribution in [2.24, 2.45) is 0 Å². The topological polar surface area (TPSA) is 47.6 Å². The van der Waals surface area contributed by atoms with Crippen LogP contribution in [0, 0.1) is 10.5 Å². The molecule has 1 N–H and O–H groups in total. The first-order valence-corrected chi connectivity index (χ1v) is 7.09. The molecule has 0 aromatic heterocycles.